The van der Waals surface area contributed by atoms with E-state index in [1.54, 1.807) is 31.4 Å². The molecule has 1 heterocycles. The Bertz CT molecular complexity index is 445. The highest BCUT2D eigenvalue weighted by Crippen LogP contribution is 2.18. The zero-order valence-electron chi connectivity index (χ0n) is 9.14. The molecule has 1 aliphatic heterocycles. The molecule has 90 valence electrons. The molecule has 0 saturated heterocycles. The first kappa shape index (κ1) is 11.9. The summed E-state index contributed by atoms with van der Waals surface area (Å²) < 4.78 is 5.67. The third-order valence-electron chi connectivity index (χ3n) is 2.28. The standard InChI is InChI=1S/C11H11BrN2O3/c1-16-8-4-2-7(3-5-8)13-11(15)9-6-10(12)14-17-9/h2-5,9H,6H2,1H3,(H,13,15). The number of hydrogen-bond donors (Lipinski definition) is 1. The molecule has 5 nitrogen and oxygen atoms in total. The van der Waals surface area contributed by atoms with Gasteiger partial charge in [-0.05, 0) is 40.2 Å². The van der Waals surface area contributed by atoms with E-state index in [0.717, 1.165) is 5.75 Å². The van der Waals surface area contributed by atoms with E-state index in [1.807, 2.05) is 0 Å². The number of oxime groups is 1. The Balaban J connectivity index is 1.94. The zero-order chi connectivity index (χ0) is 12.3. The molecule has 6 heteroatoms. The zero-order valence-corrected chi connectivity index (χ0v) is 10.7. The van der Waals surface area contributed by atoms with Crippen molar-refractivity contribution in [2.45, 2.75) is 12.5 Å². The predicted octanol–water partition coefficient (Wildman–Crippen LogP) is 2.13. The van der Waals surface area contributed by atoms with Crippen molar-refractivity contribution in [2.24, 2.45) is 5.16 Å². The molecular formula is C11H11BrN2O3. The molecule has 0 radical (unpaired) electrons. The van der Waals surface area contributed by atoms with E-state index in [2.05, 4.69) is 26.4 Å². The number of methoxy groups -OCH3 is 1. The lowest BCUT2D eigenvalue weighted by Crippen LogP contribution is -2.27. The number of nitrogens with zero attached hydrogens (tertiary/aromatic N) is 1. The Morgan fingerprint density at radius 3 is 2.76 bits per heavy atom. The minimum Gasteiger partial charge on any atom is -0.497 e. The van der Waals surface area contributed by atoms with Gasteiger partial charge in [-0.25, -0.2) is 0 Å². The Morgan fingerprint density at radius 1 is 1.53 bits per heavy atom. The highest BCUT2D eigenvalue weighted by atomic mass is 79.9. The van der Waals surface area contributed by atoms with Crippen LogP contribution in [-0.4, -0.2) is 23.7 Å². The van der Waals surface area contributed by atoms with Crippen LogP contribution < -0.4 is 10.1 Å². The Hall–Kier alpha value is -1.56. The van der Waals surface area contributed by atoms with Gasteiger partial charge < -0.3 is 14.9 Å². The van der Waals surface area contributed by atoms with E-state index < -0.39 is 6.10 Å². The maximum Gasteiger partial charge on any atom is 0.268 e. The van der Waals surface area contributed by atoms with Gasteiger partial charge in [0, 0.05) is 12.1 Å². The monoisotopic (exact) mass is 298 g/mol. The number of rotatable bonds is 3. The second kappa shape index (κ2) is 5.18. The summed E-state index contributed by atoms with van der Waals surface area (Å²) >= 11 is 3.18. The smallest absolute Gasteiger partial charge is 0.268 e. The second-order valence-electron chi connectivity index (χ2n) is 3.48. The van der Waals surface area contributed by atoms with Crippen LogP contribution in [0.25, 0.3) is 0 Å². The summed E-state index contributed by atoms with van der Waals surface area (Å²) in [7, 11) is 1.59. The number of carbonyl (C=O) groups excluding carboxylic acids is 1. The van der Waals surface area contributed by atoms with Gasteiger partial charge in [-0.15, -0.1) is 0 Å². The van der Waals surface area contributed by atoms with Crippen LogP contribution in [0.5, 0.6) is 5.75 Å². The van der Waals surface area contributed by atoms with Gasteiger partial charge in [-0.1, -0.05) is 5.16 Å². The highest BCUT2D eigenvalue weighted by Gasteiger charge is 2.26. The van der Waals surface area contributed by atoms with E-state index in [9.17, 15) is 4.79 Å². The first-order valence-corrected chi connectivity index (χ1v) is 5.81. The molecule has 0 saturated carbocycles. The van der Waals surface area contributed by atoms with Gasteiger partial charge in [0.25, 0.3) is 5.91 Å². The molecule has 2 rings (SSSR count). The largest absolute Gasteiger partial charge is 0.497 e. The van der Waals surface area contributed by atoms with Crippen LogP contribution in [0.15, 0.2) is 29.4 Å². The van der Waals surface area contributed by atoms with Gasteiger partial charge in [0.15, 0.2) is 0 Å². The molecule has 0 bridgehead atoms. The first-order chi connectivity index (χ1) is 8.19. The predicted molar refractivity (Wildman–Crippen MR) is 67.5 cm³/mol. The molecule has 0 spiro atoms. The molecule has 0 aliphatic carbocycles. The summed E-state index contributed by atoms with van der Waals surface area (Å²) in [5.74, 6) is 0.527. The van der Waals surface area contributed by atoms with Crippen LogP contribution >= 0.6 is 15.9 Å². The molecular weight excluding hydrogens is 288 g/mol. The first-order valence-electron chi connectivity index (χ1n) is 5.02. The molecule has 1 atom stereocenters. The topological polar surface area (TPSA) is 59.9 Å². The van der Waals surface area contributed by atoms with Crippen LogP contribution in [0.3, 0.4) is 0 Å². The van der Waals surface area contributed by atoms with Gasteiger partial charge >= 0.3 is 0 Å². The Kier molecular flexibility index (Phi) is 3.63. The summed E-state index contributed by atoms with van der Waals surface area (Å²) in [6.45, 7) is 0. The lowest BCUT2D eigenvalue weighted by atomic mass is 10.2. The third-order valence-corrected chi connectivity index (χ3v) is 2.75. The Labute approximate surface area is 107 Å². The summed E-state index contributed by atoms with van der Waals surface area (Å²) in [6, 6.07) is 7.08. The molecule has 1 amide bonds. The van der Waals surface area contributed by atoms with Gasteiger partial charge in [-0.3, -0.25) is 4.79 Å². The van der Waals surface area contributed by atoms with Crippen LogP contribution in [0.2, 0.25) is 0 Å². The number of carbonyl (C=O) groups is 1. The molecule has 0 fully saturated rings. The number of anilines is 1. The second-order valence-corrected chi connectivity index (χ2v) is 4.40. The van der Waals surface area contributed by atoms with E-state index in [4.69, 9.17) is 9.57 Å². The molecule has 1 aromatic rings. The summed E-state index contributed by atoms with van der Waals surface area (Å²) in [6.07, 6.45) is -0.103. The number of halogens is 1. The molecule has 1 unspecified atom stereocenters. The van der Waals surface area contributed by atoms with Gasteiger partial charge in [0.05, 0.1) is 7.11 Å². The third kappa shape index (κ3) is 2.97. The minimum absolute atomic E-state index is 0.214. The van der Waals surface area contributed by atoms with Crippen molar-refractivity contribution in [1.82, 2.24) is 0 Å². The lowest BCUT2D eigenvalue weighted by molar-refractivity contribution is -0.125. The molecule has 1 N–H and O–H groups in total. The number of nitrogens with one attached hydrogen (secondary N) is 1. The van der Waals surface area contributed by atoms with Crippen LogP contribution in [-0.2, 0) is 9.63 Å². The SMILES string of the molecule is COc1ccc(NC(=O)C2CC(Br)=NO2)cc1. The van der Waals surface area contributed by atoms with Crippen LogP contribution in [0.4, 0.5) is 5.69 Å². The summed E-state index contributed by atoms with van der Waals surface area (Å²) in [4.78, 5) is 16.7. The van der Waals surface area contributed by atoms with E-state index in [-0.39, 0.29) is 5.91 Å². The van der Waals surface area contributed by atoms with Gasteiger partial charge in [0.2, 0.25) is 6.10 Å². The average molecular weight is 299 g/mol. The van der Waals surface area contributed by atoms with Crippen LogP contribution in [0, 0.1) is 0 Å². The van der Waals surface area contributed by atoms with E-state index >= 15 is 0 Å². The van der Waals surface area contributed by atoms with E-state index in [0.29, 0.717) is 16.7 Å². The van der Waals surface area contributed by atoms with Crippen molar-refractivity contribution in [1.29, 1.82) is 0 Å². The van der Waals surface area contributed by atoms with Crippen molar-refractivity contribution in [3.63, 3.8) is 0 Å². The number of benzene rings is 1. The normalized spacial score (nSPS) is 18.2. The number of ether oxygens (including phenoxy) is 1. The fourth-order valence-corrected chi connectivity index (χ4v) is 1.76. The average Bonchev–Trinajstić information content (AvgIpc) is 2.77. The summed E-state index contributed by atoms with van der Waals surface area (Å²) in [5, 5.41) is 6.40. The van der Waals surface area contributed by atoms with E-state index in [1.165, 1.54) is 0 Å². The molecule has 17 heavy (non-hydrogen) atoms. The highest BCUT2D eigenvalue weighted by molar-refractivity contribution is 9.18. The minimum atomic E-state index is -0.563. The fraction of sp³-hybridized carbons (Fsp3) is 0.273. The molecule has 1 aromatic carbocycles. The van der Waals surface area contributed by atoms with Crippen molar-refractivity contribution in [3.8, 4) is 5.75 Å². The molecule has 0 aromatic heterocycles. The van der Waals surface area contributed by atoms with Gasteiger partial charge in [-0.2, -0.15) is 0 Å². The number of hydrogen-bond acceptors (Lipinski definition) is 4. The Morgan fingerprint density at radius 2 is 2.24 bits per heavy atom. The van der Waals surface area contributed by atoms with Gasteiger partial charge in [0.1, 0.15) is 10.4 Å². The maximum absolute atomic E-state index is 11.8. The fourth-order valence-electron chi connectivity index (χ4n) is 1.39. The lowest BCUT2D eigenvalue weighted by Gasteiger charge is -2.09. The van der Waals surface area contributed by atoms with Crippen LogP contribution in [0.1, 0.15) is 6.42 Å². The quantitative estimate of drug-likeness (QED) is 0.930. The van der Waals surface area contributed by atoms with Crippen molar-refractivity contribution in [3.05, 3.63) is 24.3 Å². The number of amides is 1. The molecule has 1 aliphatic rings. The van der Waals surface area contributed by atoms with Crippen molar-refractivity contribution < 1.29 is 14.4 Å². The van der Waals surface area contributed by atoms with Crippen molar-refractivity contribution >= 4 is 32.1 Å². The van der Waals surface area contributed by atoms with Crippen molar-refractivity contribution in [2.75, 3.05) is 12.4 Å². The summed E-state index contributed by atoms with van der Waals surface area (Å²) in [5.41, 5.74) is 0.697. The maximum atomic E-state index is 11.8.